The van der Waals surface area contributed by atoms with Crippen LogP contribution in [0.5, 0.6) is 0 Å². The number of hydrogen-bond donors (Lipinski definition) is 2. The Morgan fingerprint density at radius 3 is 2.44 bits per heavy atom. The number of halogens is 1. The van der Waals surface area contributed by atoms with E-state index in [1.165, 1.54) is 48.4 Å². The quantitative estimate of drug-likeness (QED) is 0.205. The molecule has 0 spiro atoms. The molecule has 0 bridgehead atoms. The number of hydrogen-bond acceptors (Lipinski definition) is 4. The van der Waals surface area contributed by atoms with Gasteiger partial charge in [0.15, 0.2) is 5.96 Å². The summed E-state index contributed by atoms with van der Waals surface area (Å²) in [5.74, 6) is 0.837. The third-order valence-corrected chi connectivity index (χ3v) is 5.61. The van der Waals surface area contributed by atoms with Crippen LogP contribution in [0.2, 0.25) is 0 Å². The van der Waals surface area contributed by atoms with Crippen molar-refractivity contribution in [1.29, 1.82) is 0 Å². The first-order chi connectivity index (χ1) is 11.7. The number of ether oxygens (including phenoxy) is 1. The van der Waals surface area contributed by atoms with Gasteiger partial charge in [0.05, 0.1) is 23.4 Å². The first kappa shape index (κ1) is 22.6. The van der Waals surface area contributed by atoms with Crippen molar-refractivity contribution in [2.45, 2.75) is 64.9 Å². The van der Waals surface area contributed by atoms with Crippen molar-refractivity contribution >= 4 is 41.3 Å². The summed E-state index contributed by atoms with van der Waals surface area (Å²) in [4.78, 5) is 10.1. The molecule has 0 atom stereocenters. The van der Waals surface area contributed by atoms with Crippen LogP contribution in [-0.2, 0) is 11.2 Å². The first-order valence-electron chi connectivity index (χ1n) is 9.18. The number of aromatic nitrogens is 1. The molecule has 0 aliphatic heterocycles. The van der Waals surface area contributed by atoms with Gasteiger partial charge in [-0.3, -0.25) is 4.99 Å². The molecule has 0 unspecified atom stereocenters. The van der Waals surface area contributed by atoms with Crippen molar-refractivity contribution < 1.29 is 4.74 Å². The zero-order valence-corrected chi connectivity index (χ0v) is 18.9. The average molecular weight is 480 g/mol. The maximum Gasteiger partial charge on any atom is 0.191 e. The first-order valence-corrected chi connectivity index (χ1v) is 9.99. The minimum Gasteiger partial charge on any atom is -0.376 e. The van der Waals surface area contributed by atoms with Crippen LogP contribution < -0.4 is 10.6 Å². The molecule has 1 aliphatic rings. The molecule has 0 saturated heterocycles. The van der Waals surface area contributed by atoms with Crippen molar-refractivity contribution in [3.63, 3.8) is 0 Å². The lowest BCUT2D eigenvalue weighted by Crippen LogP contribution is -2.40. The highest BCUT2D eigenvalue weighted by Crippen LogP contribution is 2.19. The molecule has 1 saturated carbocycles. The Morgan fingerprint density at radius 1 is 1.16 bits per heavy atom. The lowest BCUT2D eigenvalue weighted by molar-refractivity contribution is 0.0468. The summed E-state index contributed by atoms with van der Waals surface area (Å²) in [5.41, 5.74) is 1.15. The highest BCUT2D eigenvalue weighted by Gasteiger charge is 2.12. The van der Waals surface area contributed by atoms with Gasteiger partial charge in [-0.1, -0.05) is 25.7 Å². The molecule has 144 valence electrons. The fraction of sp³-hybridized carbons (Fsp3) is 0.778. The maximum atomic E-state index is 5.99. The molecule has 25 heavy (non-hydrogen) atoms. The van der Waals surface area contributed by atoms with Crippen LogP contribution >= 0.6 is 35.3 Å². The largest absolute Gasteiger partial charge is 0.376 e. The number of aliphatic imine (C=N–C) groups is 1. The summed E-state index contributed by atoms with van der Waals surface area (Å²) < 4.78 is 5.99. The average Bonchev–Trinajstić information content (AvgIpc) is 2.78. The van der Waals surface area contributed by atoms with E-state index in [0.29, 0.717) is 6.10 Å². The molecule has 0 amide bonds. The normalized spacial score (nSPS) is 16.2. The Kier molecular flexibility index (Phi) is 11.6. The van der Waals surface area contributed by atoms with Gasteiger partial charge < -0.3 is 15.4 Å². The molecule has 7 heteroatoms. The molecule has 1 aromatic heterocycles. The highest BCUT2D eigenvalue weighted by atomic mass is 127. The number of guanidine groups is 1. The lowest BCUT2D eigenvalue weighted by Gasteiger charge is -2.16. The summed E-state index contributed by atoms with van der Waals surface area (Å²) in [7, 11) is 1.80. The van der Waals surface area contributed by atoms with Crippen LogP contribution in [0.1, 0.15) is 54.1 Å². The van der Waals surface area contributed by atoms with Crippen LogP contribution in [0.25, 0.3) is 0 Å². The van der Waals surface area contributed by atoms with Gasteiger partial charge in [0.1, 0.15) is 0 Å². The summed E-state index contributed by atoms with van der Waals surface area (Å²) in [6, 6.07) is 0. The van der Waals surface area contributed by atoms with Gasteiger partial charge in [0.2, 0.25) is 0 Å². The zero-order chi connectivity index (χ0) is 17.2. The van der Waals surface area contributed by atoms with E-state index in [1.54, 1.807) is 18.4 Å². The monoisotopic (exact) mass is 480 g/mol. The second-order valence-electron chi connectivity index (χ2n) is 6.41. The van der Waals surface area contributed by atoms with Crippen LogP contribution in [0, 0.1) is 13.8 Å². The van der Waals surface area contributed by atoms with Gasteiger partial charge in [-0.25, -0.2) is 4.98 Å². The third-order valence-electron chi connectivity index (χ3n) is 4.48. The Morgan fingerprint density at radius 2 is 1.84 bits per heavy atom. The summed E-state index contributed by atoms with van der Waals surface area (Å²) in [6.45, 7) is 6.58. The van der Waals surface area contributed by atoms with Gasteiger partial charge in [-0.15, -0.1) is 35.3 Å². The van der Waals surface area contributed by atoms with Gasteiger partial charge in [0, 0.05) is 31.4 Å². The summed E-state index contributed by atoms with van der Waals surface area (Å²) in [6.07, 6.45) is 9.20. The number of rotatable bonds is 7. The standard InChI is InChI=1S/C18H32N4OS.HI/c1-14-15(2)24-17(22-14)10-11-20-18(19-3)21-12-13-23-16-8-6-4-5-7-9-16;/h16H,4-13H2,1-3H3,(H2,19,20,21);1H. The predicted octanol–water partition coefficient (Wildman–Crippen LogP) is 3.82. The smallest absolute Gasteiger partial charge is 0.191 e. The van der Waals surface area contributed by atoms with Crippen LogP contribution in [0.15, 0.2) is 4.99 Å². The van der Waals surface area contributed by atoms with Gasteiger partial charge in [-0.2, -0.15) is 0 Å². The third kappa shape index (κ3) is 8.68. The fourth-order valence-corrected chi connectivity index (χ4v) is 3.89. The second kappa shape index (κ2) is 12.9. The Balaban J connectivity index is 0.00000312. The van der Waals surface area contributed by atoms with Crippen LogP contribution in [0.4, 0.5) is 0 Å². The van der Waals surface area contributed by atoms with Crippen molar-refractivity contribution in [2.75, 3.05) is 26.7 Å². The molecule has 0 aromatic carbocycles. The van der Waals surface area contributed by atoms with E-state index in [9.17, 15) is 0 Å². The molecule has 1 aromatic rings. The van der Waals surface area contributed by atoms with Gasteiger partial charge in [-0.05, 0) is 26.7 Å². The van der Waals surface area contributed by atoms with Crippen molar-refractivity contribution in [1.82, 2.24) is 15.6 Å². The SMILES string of the molecule is CN=C(NCCOC1CCCCCC1)NCCc1nc(C)c(C)s1.I. The molecular formula is C18H33IN4OS. The molecule has 1 heterocycles. The van der Waals surface area contributed by atoms with E-state index in [2.05, 4.69) is 34.5 Å². The molecule has 2 rings (SSSR count). The minimum atomic E-state index is 0. The van der Waals surface area contributed by atoms with E-state index in [4.69, 9.17) is 4.74 Å². The molecular weight excluding hydrogens is 447 g/mol. The molecule has 2 N–H and O–H groups in total. The summed E-state index contributed by atoms with van der Waals surface area (Å²) >= 11 is 1.78. The number of nitrogens with one attached hydrogen (secondary N) is 2. The maximum absolute atomic E-state index is 5.99. The minimum absolute atomic E-state index is 0. The number of aryl methyl sites for hydroxylation is 2. The van der Waals surface area contributed by atoms with E-state index >= 15 is 0 Å². The van der Waals surface area contributed by atoms with E-state index < -0.39 is 0 Å². The Hall–Kier alpha value is -0.410. The Bertz CT molecular complexity index is 494. The Labute approximate surface area is 173 Å². The molecule has 1 aliphatic carbocycles. The zero-order valence-electron chi connectivity index (χ0n) is 15.8. The van der Waals surface area contributed by atoms with Gasteiger partial charge >= 0.3 is 0 Å². The molecule has 1 fully saturated rings. The van der Waals surface area contributed by atoms with Crippen molar-refractivity contribution in [2.24, 2.45) is 4.99 Å². The van der Waals surface area contributed by atoms with Crippen molar-refractivity contribution in [3.8, 4) is 0 Å². The van der Waals surface area contributed by atoms with E-state index in [-0.39, 0.29) is 24.0 Å². The second-order valence-corrected chi connectivity index (χ2v) is 7.70. The van der Waals surface area contributed by atoms with E-state index in [1.807, 2.05) is 0 Å². The van der Waals surface area contributed by atoms with E-state index in [0.717, 1.165) is 37.8 Å². The number of nitrogens with zero attached hydrogens (tertiary/aromatic N) is 2. The highest BCUT2D eigenvalue weighted by molar-refractivity contribution is 14.0. The van der Waals surface area contributed by atoms with Crippen LogP contribution in [0.3, 0.4) is 0 Å². The summed E-state index contributed by atoms with van der Waals surface area (Å²) in [5, 5.41) is 7.85. The van der Waals surface area contributed by atoms with Gasteiger partial charge in [0.25, 0.3) is 0 Å². The predicted molar refractivity (Wildman–Crippen MR) is 118 cm³/mol. The lowest BCUT2D eigenvalue weighted by atomic mass is 10.1. The fourth-order valence-electron chi connectivity index (χ4n) is 2.96. The molecule has 0 radical (unpaired) electrons. The number of thiazole rings is 1. The molecule has 5 nitrogen and oxygen atoms in total. The van der Waals surface area contributed by atoms with Crippen molar-refractivity contribution in [3.05, 3.63) is 15.6 Å². The topological polar surface area (TPSA) is 58.5 Å². The van der Waals surface area contributed by atoms with Crippen LogP contribution in [-0.4, -0.2) is 43.8 Å².